The molecular formula is C13H18N2O. The molecule has 0 atom stereocenters. The molecule has 3 heteroatoms. The van der Waals surface area contributed by atoms with Crippen molar-refractivity contribution in [1.29, 1.82) is 0 Å². The van der Waals surface area contributed by atoms with Gasteiger partial charge in [-0.3, -0.25) is 0 Å². The minimum absolute atomic E-state index is 0.111. The molecule has 0 fully saturated rings. The van der Waals surface area contributed by atoms with Gasteiger partial charge >= 0.3 is 6.03 Å². The summed E-state index contributed by atoms with van der Waals surface area (Å²) in [5.41, 5.74) is 3.75. The highest BCUT2D eigenvalue weighted by Gasteiger charge is 2.19. The summed E-state index contributed by atoms with van der Waals surface area (Å²) in [4.78, 5) is 11.2. The third kappa shape index (κ3) is 2.35. The van der Waals surface area contributed by atoms with Crippen LogP contribution in [0.2, 0.25) is 0 Å². The van der Waals surface area contributed by atoms with Gasteiger partial charge in [0.1, 0.15) is 0 Å². The molecule has 0 saturated heterocycles. The summed E-state index contributed by atoms with van der Waals surface area (Å²) in [5, 5.41) is 5.65. The molecule has 0 bridgehead atoms. The van der Waals surface area contributed by atoms with Crippen LogP contribution in [0.25, 0.3) is 0 Å². The van der Waals surface area contributed by atoms with Crippen molar-refractivity contribution in [3.05, 3.63) is 29.3 Å². The van der Waals surface area contributed by atoms with E-state index in [1.54, 1.807) is 0 Å². The molecule has 2 rings (SSSR count). The molecule has 2 amide bonds. The van der Waals surface area contributed by atoms with Gasteiger partial charge in [0.2, 0.25) is 0 Å². The Morgan fingerprint density at radius 3 is 2.75 bits per heavy atom. The highest BCUT2D eigenvalue weighted by atomic mass is 16.2. The van der Waals surface area contributed by atoms with Crippen LogP contribution in [0, 0.1) is 5.41 Å². The van der Waals surface area contributed by atoms with E-state index >= 15 is 0 Å². The Hall–Kier alpha value is -1.51. The van der Waals surface area contributed by atoms with Crippen molar-refractivity contribution in [3.8, 4) is 0 Å². The van der Waals surface area contributed by atoms with Gasteiger partial charge in [0.05, 0.1) is 0 Å². The van der Waals surface area contributed by atoms with E-state index < -0.39 is 0 Å². The molecule has 0 aliphatic carbocycles. The van der Waals surface area contributed by atoms with Crippen LogP contribution in [0.15, 0.2) is 18.2 Å². The van der Waals surface area contributed by atoms with E-state index in [1.807, 2.05) is 12.1 Å². The number of rotatable bonds is 1. The first-order valence-electron chi connectivity index (χ1n) is 5.61. The molecule has 16 heavy (non-hydrogen) atoms. The average Bonchev–Trinajstić information content (AvgIpc) is 2.15. The fourth-order valence-corrected chi connectivity index (χ4v) is 2.03. The predicted octanol–water partition coefficient (Wildman–Crippen LogP) is 2.91. The topological polar surface area (TPSA) is 41.1 Å². The van der Waals surface area contributed by atoms with Crippen molar-refractivity contribution in [2.75, 3.05) is 5.32 Å². The maximum atomic E-state index is 11.2. The lowest BCUT2D eigenvalue weighted by atomic mass is 9.85. The van der Waals surface area contributed by atoms with Gasteiger partial charge in [0, 0.05) is 12.2 Å². The van der Waals surface area contributed by atoms with Gasteiger partial charge in [-0.2, -0.15) is 0 Å². The fraction of sp³-hybridized carbons (Fsp3) is 0.462. The zero-order chi connectivity index (χ0) is 11.8. The smallest absolute Gasteiger partial charge is 0.319 e. The average molecular weight is 218 g/mol. The third-order valence-corrected chi connectivity index (χ3v) is 2.67. The second-order valence-electron chi connectivity index (χ2n) is 5.49. The third-order valence-electron chi connectivity index (χ3n) is 2.67. The minimum Gasteiger partial charge on any atom is -0.334 e. The summed E-state index contributed by atoms with van der Waals surface area (Å²) in [6, 6.07) is 6.00. The molecule has 1 heterocycles. The number of benzene rings is 1. The van der Waals surface area contributed by atoms with Gasteiger partial charge < -0.3 is 10.6 Å². The normalized spacial score (nSPS) is 15.1. The van der Waals surface area contributed by atoms with Gasteiger partial charge in [0.15, 0.2) is 0 Å². The number of carbonyl (C=O) groups excluding carboxylic acids is 1. The molecule has 0 unspecified atom stereocenters. The Bertz CT molecular complexity index is 418. The van der Waals surface area contributed by atoms with Crippen LogP contribution >= 0.6 is 0 Å². The van der Waals surface area contributed by atoms with Gasteiger partial charge in [-0.05, 0) is 29.0 Å². The molecule has 0 spiro atoms. The number of fused-ring (bicyclic) bond motifs is 1. The van der Waals surface area contributed by atoms with Crippen molar-refractivity contribution >= 4 is 11.7 Å². The van der Waals surface area contributed by atoms with Crippen LogP contribution < -0.4 is 10.6 Å². The lowest BCUT2D eigenvalue weighted by Crippen LogP contribution is -2.34. The van der Waals surface area contributed by atoms with E-state index in [4.69, 9.17) is 0 Å². The van der Waals surface area contributed by atoms with Crippen LogP contribution in [0.5, 0.6) is 0 Å². The lowest BCUT2D eigenvalue weighted by molar-refractivity contribution is 0.251. The SMILES string of the molecule is CC(C)(C)Cc1cccc2c1CNC(=O)N2. The van der Waals surface area contributed by atoms with Crippen LogP contribution in [0.1, 0.15) is 31.9 Å². The fourth-order valence-electron chi connectivity index (χ4n) is 2.03. The van der Waals surface area contributed by atoms with E-state index in [2.05, 4.69) is 37.5 Å². The van der Waals surface area contributed by atoms with E-state index in [9.17, 15) is 4.79 Å². The van der Waals surface area contributed by atoms with E-state index in [0.29, 0.717) is 6.54 Å². The van der Waals surface area contributed by atoms with Crippen LogP contribution in [-0.4, -0.2) is 6.03 Å². The molecule has 0 aromatic heterocycles. The molecule has 1 aliphatic rings. The van der Waals surface area contributed by atoms with Gasteiger partial charge in [-0.1, -0.05) is 32.9 Å². The largest absolute Gasteiger partial charge is 0.334 e. The highest BCUT2D eigenvalue weighted by Crippen LogP contribution is 2.28. The molecule has 1 aromatic rings. The van der Waals surface area contributed by atoms with Crippen LogP contribution in [-0.2, 0) is 13.0 Å². The number of carbonyl (C=O) groups is 1. The Morgan fingerprint density at radius 2 is 2.06 bits per heavy atom. The number of hydrogen-bond donors (Lipinski definition) is 2. The Morgan fingerprint density at radius 1 is 1.31 bits per heavy atom. The number of anilines is 1. The quantitative estimate of drug-likeness (QED) is 0.747. The maximum absolute atomic E-state index is 11.2. The molecule has 0 radical (unpaired) electrons. The summed E-state index contributed by atoms with van der Waals surface area (Å²) in [6.07, 6.45) is 1.02. The van der Waals surface area contributed by atoms with Gasteiger partial charge in [-0.25, -0.2) is 4.79 Å². The van der Waals surface area contributed by atoms with Gasteiger partial charge in [-0.15, -0.1) is 0 Å². The minimum atomic E-state index is -0.111. The Balaban J connectivity index is 2.34. The van der Waals surface area contributed by atoms with Crippen molar-refractivity contribution in [3.63, 3.8) is 0 Å². The Kier molecular flexibility index (Phi) is 2.62. The molecule has 2 N–H and O–H groups in total. The Labute approximate surface area is 96.2 Å². The second kappa shape index (κ2) is 3.81. The highest BCUT2D eigenvalue weighted by molar-refractivity contribution is 5.92. The molecule has 1 aliphatic heterocycles. The van der Waals surface area contributed by atoms with Crippen molar-refractivity contribution in [1.82, 2.24) is 5.32 Å². The molecule has 3 nitrogen and oxygen atoms in total. The summed E-state index contributed by atoms with van der Waals surface area (Å²) < 4.78 is 0. The van der Waals surface area contributed by atoms with Crippen molar-refractivity contribution < 1.29 is 4.79 Å². The van der Waals surface area contributed by atoms with E-state index in [-0.39, 0.29) is 11.4 Å². The first kappa shape index (κ1) is 11.0. The molecule has 86 valence electrons. The van der Waals surface area contributed by atoms with Crippen molar-refractivity contribution in [2.45, 2.75) is 33.7 Å². The number of amides is 2. The zero-order valence-corrected chi connectivity index (χ0v) is 10.1. The zero-order valence-electron chi connectivity index (χ0n) is 10.1. The van der Waals surface area contributed by atoms with Gasteiger partial charge in [0.25, 0.3) is 0 Å². The summed E-state index contributed by atoms with van der Waals surface area (Å²) in [5.74, 6) is 0. The molecule has 1 aromatic carbocycles. The second-order valence-corrected chi connectivity index (χ2v) is 5.49. The predicted molar refractivity (Wildman–Crippen MR) is 65.5 cm³/mol. The molecular weight excluding hydrogens is 200 g/mol. The first-order chi connectivity index (χ1) is 7.46. The van der Waals surface area contributed by atoms with E-state index in [1.165, 1.54) is 11.1 Å². The number of nitrogens with one attached hydrogen (secondary N) is 2. The lowest BCUT2D eigenvalue weighted by Gasteiger charge is -2.25. The summed E-state index contributed by atoms with van der Waals surface area (Å²) in [6.45, 7) is 7.30. The van der Waals surface area contributed by atoms with Crippen molar-refractivity contribution in [2.24, 2.45) is 5.41 Å². The standard InChI is InChI=1S/C13H18N2O/c1-13(2,3)7-9-5-4-6-11-10(9)8-14-12(16)15-11/h4-6H,7-8H2,1-3H3,(H2,14,15,16). The monoisotopic (exact) mass is 218 g/mol. The summed E-state index contributed by atoms with van der Waals surface area (Å²) >= 11 is 0. The first-order valence-corrected chi connectivity index (χ1v) is 5.61. The molecule has 0 saturated carbocycles. The van der Waals surface area contributed by atoms with Crippen LogP contribution in [0.4, 0.5) is 10.5 Å². The number of urea groups is 1. The van der Waals surface area contributed by atoms with Crippen LogP contribution in [0.3, 0.4) is 0 Å². The number of hydrogen-bond acceptors (Lipinski definition) is 1. The maximum Gasteiger partial charge on any atom is 0.319 e. The summed E-state index contributed by atoms with van der Waals surface area (Å²) in [7, 11) is 0. The van der Waals surface area contributed by atoms with E-state index in [0.717, 1.165) is 12.1 Å².